The van der Waals surface area contributed by atoms with Crippen LogP contribution in [0.5, 0.6) is 0 Å². The topological polar surface area (TPSA) is 54.2 Å². The van der Waals surface area contributed by atoms with Gasteiger partial charge in [0, 0.05) is 39.1 Å². The van der Waals surface area contributed by atoms with Crippen molar-refractivity contribution in [2.45, 2.75) is 25.8 Å². The van der Waals surface area contributed by atoms with Crippen LogP contribution in [-0.4, -0.2) is 47.7 Å². The van der Waals surface area contributed by atoms with Crippen LogP contribution in [0.25, 0.3) is 0 Å². The second-order valence-corrected chi connectivity index (χ2v) is 5.27. The lowest BCUT2D eigenvalue weighted by atomic mass is 10.3. The largest absolute Gasteiger partial charge is 0.356 e. The summed E-state index contributed by atoms with van der Waals surface area (Å²) in [7, 11) is 1.81. The van der Waals surface area contributed by atoms with Gasteiger partial charge in [-0.1, -0.05) is 0 Å². The maximum absolute atomic E-state index is 4.21. The lowest BCUT2D eigenvalue weighted by Gasteiger charge is -2.11. The van der Waals surface area contributed by atoms with Crippen molar-refractivity contribution in [3.8, 4) is 0 Å². The number of unbranched alkanes of at least 4 members (excludes halogenated alkanes) is 1. The third-order valence-corrected chi connectivity index (χ3v) is 3.43. The zero-order chi connectivity index (χ0) is 13.8. The highest BCUT2D eigenvalue weighted by molar-refractivity contribution is 14.0. The molecule has 0 radical (unpaired) electrons. The molecule has 7 heteroatoms. The fourth-order valence-corrected chi connectivity index (χ4v) is 2.18. The minimum atomic E-state index is 0. The van der Waals surface area contributed by atoms with E-state index >= 15 is 0 Å². The first-order valence-corrected chi connectivity index (χ1v) is 8.15. The molecule has 2 N–H and O–H groups in total. The van der Waals surface area contributed by atoms with Crippen LogP contribution in [0.2, 0.25) is 0 Å². The number of halogens is 1. The van der Waals surface area contributed by atoms with Crippen LogP contribution in [0, 0.1) is 0 Å². The Bertz CT molecular complexity index is 343. The lowest BCUT2D eigenvalue weighted by molar-refractivity contribution is 0.623. The van der Waals surface area contributed by atoms with Crippen molar-refractivity contribution in [1.29, 1.82) is 0 Å². The van der Waals surface area contributed by atoms with E-state index in [2.05, 4.69) is 31.4 Å². The Morgan fingerprint density at radius 1 is 1.25 bits per heavy atom. The van der Waals surface area contributed by atoms with Gasteiger partial charge in [-0.3, -0.25) is 4.99 Å². The molecule has 0 amide bonds. The standard InChI is InChI=1S/C13H25N5S.HI/c1-14-13(16-6-3-4-11-19-2)17-7-5-9-18-10-8-15-12-18;/h8,10,12H,3-7,9,11H2,1-2H3,(H2,14,16,17);1H. The molecule has 0 saturated heterocycles. The van der Waals surface area contributed by atoms with E-state index in [-0.39, 0.29) is 24.0 Å². The summed E-state index contributed by atoms with van der Waals surface area (Å²) in [4.78, 5) is 8.23. The number of hydrogen-bond acceptors (Lipinski definition) is 3. The number of aliphatic imine (C=N–C) groups is 1. The Labute approximate surface area is 143 Å². The van der Waals surface area contributed by atoms with Crippen LogP contribution in [0.1, 0.15) is 19.3 Å². The van der Waals surface area contributed by atoms with Crippen molar-refractivity contribution < 1.29 is 0 Å². The number of imidazole rings is 1. The van der Waals surface area contributed by atoms with Crippen molar-refractivity contribution in [1.82, 2.24) is 20.2 Å². The van der Waals surface area contributed by atoms with Gasteiger partial charge >= 0.3 is 0 Å². The van der Waals surface area contributed by atoms with Crippen LogP contribution < -0.4 is 10.6 Å². The van der Waals surface area contributed by atoms with E-state index in [9.17, 15) is 0 Å². The van der Waals surface area contributed by atoms with Gasteiger partial charge < -0.3 is 15.2 Å². The Hall–Kier alpha value is -0.440. The van der Waals surface area contributed by atoms with Gasteiger partial charge in [0.05, 0.1) is 6.33 Å². The van der Waals surface area contributed by atoms with Crippen LogP contribution in [0.4, 0.5) is 0 Å². The molecule has 0 bridgehead atoms. The van der Waals surface area contributed by atoms with Crippen molar-refractivity contribution in [2.75, 3.05) is 32.1 Å². The Morgan fingerprint density at radius 3 is 2.60 bits per heavy atom. The number of thioether (sulfide) groups is 1. The molecule has 0 saturated carbocycles. The van der Waals surface area contributed by atoms with Crippen LogP contribution in [0.3, 0.4) is 0 Å². The van der Waals surface area contributed by atoms with Gasteiger partial charge in [0.25, 0.3) is 0 Å². The molecule has 1 aromatic heterocycles. The molecule has 0 spiro atoms. The molecule has 0 aliphatic rings. The molecule has 0 unspecified atom stereocenters. The van der Waals surface area contributed by atoms with Gasteiger partial charge in [-0.05, 0) is 31.3 Å². The Morgan fingerprint density at radius 2 is 2.00 bits per heavy atom. The minimum absolute atomic E-state index is 0. The fourth-order valence-electron chi connectivity index (χ4n) is 1.69. The quantitative estimate of drug-likeness (QED) is 0.283. The summed E-state index contributed by atoms with van der Waals surface area (Å²) >= 11 is 1.90. The average molecular weight is 411 g/mol. The molecule has 5 nitrogen and oxygen atoms in total. The van der Waals surface area contributed by atoms with Gasteiger partial charge in [-0.25, -0.2) is 4.98 Å². The molecule has 116 valence electrons. The van der Waals surface area contributed by atoms with Gasteiger partial charge in [-0.2, -0.15) is 11.8 Å². The van der Waals surface area contributed by atoms with Crippen molar-refractivity contribution in [3.63, 3.8) is 0 Å². The maximum Gasteiger partial charge on any atom is 0.190 e. The SMILES string of the molecule is CN=C(NCCCCSC)NCCCn1ccnc1.I. The first kappa shape index (κ1) is 19.6. The highest BCUT2D eigenvalue weighted by Gasteiger charge is 1.96. The Kier molecular flexibility index (Phi) is 13.2. The van der Waals surface area contributed by atoms with Crippen molar-refractivity contribution in [3.05, 3.63) is 18.7 Å². The number of aromatic nitrogens is 2. The van der Waals surface area contributed by atoms with E-state index in [0.717, 1.165) is 32.0 Å². The zero-order valence-electron chi connectivity index (χ0n) is 12.3. The predicted octanol–water partition coefficient (Wildman–Crippen LogP) is 2.20. The van der Waals surface area contributed by atoms with Gasteiger partial charge in [-0.15, -0.1) is 24.0 Å². The van der Waals surface area contributed by atoms with E-state index in [4.69, 9.17) is 0 Å². The van der Waals surface area contributed by atoms with E-state index in [1.165, 1.54) is 18.6 Å². The summed E-state index contributed by atoms with van der Waals surface area (Å²) in [5.74, 6) is 2.13. The number of aryl methyl sites for hydroxylation is 1. The minimum Gasteiger partial charge on any atom is -0.356 e. The summed E-state index contributed by atoms with van der Waals surface area (Å²) in [5, 5.41) is 6.66. The molecule has 0 fully saturated rings. The molecule has 1 heterocycles. The van der Waals surface area contributed by atoms with Gasteiger partial charge in [0.15, 0.2) is 5.96 Å². The third kappa shape index (κ3) is 9.46. The van der Waals surface area contributed by atoms with Crippen LogP contribution in [0.15, 0.2) is 23.7 Å². The molecule has 1 aromatic rings. The Balaban J connectivity index is 0.00000361. The van der Waals surface area contributed by atoms with Crippen molar-refractivity contribution in [2.24, 2.45) is 4.99 Å². The highest BCUT2D eigenvalue weighted by Crippen LogP contribution is 1.97. The molecular formula is C13H26IN5S. The lowest BCUT2D eigenvalue weighted by Crippen LogP contribution is -2.38. The van der Waals surface area contributed by atoms with E-state index in [0.29, 0.717) is 0 Å². The molecule has 0 aliphatic heterocycles. The first-order chi connectivity index (χ1) is 9.36. The first-order valence-electron chi connectivity index (χ1n) is 6.76. The molecule has 0 aliphatic carbocycles. The summed E-state index contributed by atoms with van der Waals surface area (Å²) < 4.78 is 2.08. The van der Waals surface area contributed by atoms with Gasteiger partial charge in [0.2, 0.25) is 0 Å². The van der Waals surface area contributed by atoms with Crippen LogP contribution >= 0.6 is 35.7 Å². The number of guanidine groups is 1. The summed E-state index contributed by atoms with van der Waals surface area (Å²) in [5.41, 5.74) is 0. The number of nitrogens with zero attached hydrogens (tertiary/aromatic N) is 3. The number of hydrogen-bond donors (Lipinski definition) is 2. The molecule has 0 aromatic carbocycles. The average Bonchev–Trinajstić information content (AvgIpc) is 2.94. The summed E-state index contributed by atoms with van der Waals surface area (Å²) in [6.07, 6.45) is 11.3. The fraction of sp³-hybridized carbons (Fsp3) is 0.692. The maximum atomic E-state index is 4.21. The number of rotatable bonds is 9. The van der Waals surface area contributed by atoms with Gasteiger partial charge in [0.1, 0.15) is 0 Å². The van der Waals surface area contributed by atoms with Crippen molar-refractivity contribution >= 4 is 41.7 Å². The summed E-state index contributed by atoms with van der Waals surface area (Å²) in [6.45, 7) is 2.89. The smallest absolute Gasteiger partial charge is 0.190 e. The van der Waals surface area contributed by atoms with Crippen LogP contribution in [-0.2, 0) is 6.54 Å². The second kappa shape index (κ2) is 13.5. The highest BCUT2D eigenvalue weighted by atomic mass is 127. The molecular weight excluding hydrogens is 385 g/mol. The molecule has 0 atom stereocenters. The monoisotopic (exact) mass is 411 g/mol. The zero-order valence-corrected chi connectivity index (χ0v) is 15.5. The predicted molar refractivity (Wildman–Crippen MR) is 99.2 cm³/mol. The normalized spacial score (nSPS) is 11.0. The van der Waals surface area contributed by atoms with E-state index < -0.39 is 0 Å². The van der Waals surface area contributed by atoms with E-state index in [1.54, 1.807) is 0 Å². The summed E-state index contributed by atoms with van der Waals surface area (Å²) in [6, 6.07) is 0. The second-order valence-electron chi connectivity index (χ2n) is 4.28. The molecule has 20 heavy (non-hydrogen) atoms. The number of nitrogens with one attached hydrogen (secondary N) is 2. The molecule has 1 rings (SSSR count). The van der Waals surface area contributed by atoms with E-state index in [1.807, 2.05) is 37.5 Å². The third-order valence-electron chi connectivity index (χ3n) is 2.74.